The summed E-state index contributed by atoms with van der Waals surface area (Å²) in [5, 5.41) is 11.0. The molecule has 3 aromatic rings. The Kier molecular flexibility index (Phi) is 7.05. The number of ether oxygens (including phenoxy) is 1. The molecule has 39 heavy (non-hydrogen) atoms. The maximum absolute atomic E-state index is 13.5. The van der Waals surface area contributed by atoms with Gasteiger partial charge in [-0.15, -0.1) is 0 Å². The fourth-order valence-electron chi connectivity index (χ4n) is 5.16. The number of carbonyl (C=O) groups is 3. The lowest BCUT2D eigenvalue weighted by Crippen LogP contribution is -2.46. The predicted octanol–water partition coefficient (Wildman–Crippen LogP) is 5.13. The smallest absolute Gasteiger partial charge is 0.413 e. The molecule has 1 saturated carbocycles. The van der Waals surface area contributed by atoms with E-state index in [0.717, 1.165) is 47.7 Å². The molecule has 0 unspecified atom stereocenters. The highest BCUT2D eigenvalue weighted by Gasteiger charge is 2.35. The van der Waals surface area contributed by atoms with Gasteiger partial charge in [0.05, 0.1) is 23.4 Å². The number of piperidine rings is 1. The molecular formula is C29H36N6O4. The number of aromatic nitrogens is 3. The molecular weight excluding hydrogens is 496 g/mol. The molecule has 206 valence electrons. The first-order valence-electron chi connectivity index (χ1n) is 13.5. The Morgan fingerprint density at radius 1 is 1.05 bits per heavy atom. The summed E-state index contributed by atoms with van der Waals surface area (Å²) < 4.78 is 7.12. The van der Waals surface area contributed by atoms with Crippen molar-refractivity contribution in [3.05, 3.63) is 47.8 Å². The van der Waals surface area contributed by atoms with Crippen molar-refractivity contribution in [1.29, 1.82) is 0 Å². The number of anilines is 2. The summed E-state index contributed by atoms with van der Waals surface area (Å²) in [7, 11) is 1.88. The Balaban J connectivity index is 1.32. The molecule has 5 rings (SSSR count). The third kappa shape index (κ3) is 6.21. The van der Waals surface area contributed by atoms with E-state index in [4.69, 9.17) is 4.74 Å². The van der Waals surface area contributed by atoms with Crippen molar-refractivity contribution < 1.29 is 19.1 Å². The Morgan fingerprint density at radius 2 is 1.82 bits per heavy atom. The van der Waals surface area contributed by atoms with Crippen molar-refractivity contribution in [2.75, 3.05) is 17.2 Å². The highest BCUT2D eigenvalue weighted by molar-refractivity contribution is 6.39. The zero-order valence-electron chi connectivity index (χ0n) is 23.2. The van der Waals surface area contributed by atoms with Crippen molar-refractivity contribution in [1.82, 2.24) is 19.7 Å². The Bertz CT molecular complexity index is 1420. The molecule has 1 aliphatic heterocycles. The van der Waals surface area contributed by atoms with Crippen LogP contribution in [0.25, 0.3) is 10.9 Å². The van der Waals surface area contributed by atoms with E-state index >= 15 is 0 Å². The average Bonchev–Trinajstić information content (AvgIpc) is 3.63. The number of nitrogens with zero attached hydrogens (tertiary/aromatic N) is 4. The predicted molar refractivity (Wildman–Crippen MR) is 148 cm³/mol. The minimum atomic E-state index is -0.704. The van der Waals surface area contributed by atoms with Gasteiger partial charge in [-0.3, -0.25) is 19.6 Å². The molecule has 2 fully saturated rings. The maximum atomic E-state index is 13.5. The highest BCUT2D eigenvalue weighted by atomic mass is 16.6. The number of amides is 3. The third-order valence-corrected chi connectivity index (χ3v) is 7.11. The van der Waals surface area contributed by atoms with E-state index in [2.05, 4.69) is 27.6 Å². The van der Waals surface area contributed by atoms with Gasteiger partial charge in [0, 0.05) is 30.7 Å². The minimum absolute atomic E-state index is 0.202. The number of carbonyl (C=O) groups excluding carboxylic acids is 3. The van der Waals surface area contributed by atoms with E-state index in [9.17, 15) is 14.4 Å². The monoisotopic (exact) mass is 532 g/mol. The topological polar surface area (TPSA) is 118 Å². The number of rotatable bonds is 4. The van der Waals surface area contributed by atoms with Gasteiger partial charge < -0.3 is 15.0 Å². The number of hydrogen-bond donors (Lipinski definition) is 2. The average molecular weight is 533 g/mol. The molecule has 2 aromatic heterocycles. The van der Waals surface area contributed by atoms with E-state index < -0.39 is 23.5 Å². The number of aryl methyl sites for hydroxylation is 1. The lowest BCUT2D eigenvalue weighted by atomic mass is 9.89. The number of hydrogen-bond acceptors (Lipinski definition) is 6. The maximum Gasteiger partial charge on any atom is 0.413 e. The van der Waals surface area contributed by atoms with Gasteiger partial charge in [-0.05, 0) is 76.0 Å². The molecule has 10 heteroatoms. The van der Waals surface area contributed by atoms with E-state index in [0.29, 0.717) is 18.1 Å². The molecule has 2 aliphatic rings. The summed E-state index contributed by atoms with van der Waals surface area (Å²) in [6.45, 7) is 7.98. The number of likely N-dealkylation sites (tertiary alicyclic amines) is 1. The number of benzene rings is 1. The van der Waals surface area contributed by atoms with E-state index in [1.165, 1.54) is 6.20 Å². The lowest BCUT2D eigenvalue weighted by Gasteiger charge is -2.38. The summed E-state index contributed by atoms with van der Waals surface area (Å²) in [5.74, 6) is -0.339. The first-order valence-corrected chi connectivity index (χ1v) is 13.5. The van der Waals surface area contributed by atoms with Crippen LogP contribution in [0.4, 0.5) is 16.3 Å². The van der Waals surface area contributed by atoms with Crippen LogP contribution in [0.15, 0.2) is 36.7 Å². The fraction of sp³-hybridized carbons (Fsp3) is 0.483. The van der Waals surface area contributed by atoms with E-state index in [-0.39, 0.29) is 17.9 Å². The van der Waals surface area contributed by atoms with Gasteiger partial charge in [0.25, 0.3) is 0 Å². The normalized spacial score (nSPS) is 19.6. The van der Waals surface area contributed by atoms with Gasteiger partial charge in [-0.1, -0.05) is 19.1 Å². The van der Waals surface area contributed by atoms with Crippen LogP contribution in [0.1, 0.15) is 76.5 Å². The first kappa shape index (κ1) is 26.6. The van der Waals surface area contributed by atoms with Crippen LogP contribution in [0, 0.1) is 5.92 Å². The summed E-state index contributed by atoms with van der Waals surface area (Å²) in [5.41, 5.74) is 2.44. The van der Waals surface area contributed by atoms with Gasteiger partial charge in [0.2, 0.25) is 0 Å². The summed E-state index contributed by atoms with van der Waals surface area (Å²) in [4.78, 5) is 45.0. The molecule has 2 N–H and O–H groups in total. The minimum Gasteiger partial charge on any atom is -0.444 e. The highest BCUT2D eigenvalue weighted by Crippen LogP contribution is 2.44. The van der Waals surface area contributed by atoms with Gasteiger partial charge in [-0.2, -0.15) is 5.10 Å². The Labute approximate surface area is 228 Å². The van der Waals surface area contributed by atoms with Crippen molar-refractivity contribution in [2.24, 2.45) is 13.0 Å². The molecule has 0 radical (unpaired) electrons. The second kappa shape index (κ2) is 10.3. The molecule has 1 aliphatic carbocycles. The van der Waals surface area contributed by atoms with Crippen LogP contribution in [0.5, 0.6) is 0 Å². The van der Waals surface area contributed by atoms with Crippen molar-refractivity contribution in [2.45, 2.75) is 70.9 Å². The zero-order valence-corrected chi connectivity index (χ0v) is 23.2. The molecule has 1 saturated heterocycles. The number of pyridine rings is 1. The Morgan fingerprint density at radius 3 is 2.54 bits per heavy atom. The molecule has 3 amide bonds. The van der Waals surface area contributed by atoms with Gasteiger partial charge in [0.1, 0.15) is 11.4 Å². The lowest BCUT2D eigenvalue weighted by molar-refractivity contribution is -0.146. The largest absolute Gasteiger partial charge is 0.444 e. The first-order chi connectivity index (χ1) is 18.5. The summed E-state index contributed by atoms with van der Waals surface area (Å²) in [6, 6.07) is 7.62. The van der Waals surface area contributed by atoms with E-state index in [1.807, 2.05) is 31.4 Å². The third-order valence-electron chi connectivity index (χ3n) is 7.11. The molecule has 2 atom stereocenters. The van der Waals surface area contributed by atoms with Crippen molar-refractivity contribution in [3.8, 4) is 0 Å². The van der Waals surface area contributed by atoms with Crippen LogP contribution in [-0.2, 0) is 21.4 Å². The molecule has 10 nitrogen and oxygen atoms in total. The fourth-order valence-corrected chi connectivity index (χ4v) is 5.16. The second-order valence-corrected chi connectivity index (χ2v) is 11.8. The van der Waals surface area contributed by atoms with Crippen LogP contribution < -0.4 is 10.6 Å². The van der Waals surface area contributed by atoms with Crippen LogP contribution >= 0.6 is 0 Å². The Hall–Kier alpha value is -3.95. The quantitative estimate of drug-likeness (QED) is 0.450. The van der Waals surface area contributed by atoms with Gasteiger partial charge in [0.15, 0.2) is 0 Å². The molecule has 0 spiro atoms. The van der Waals surface area contributed by atoms with Gasteiger partial charge >= 0.3 is 17.9 Å². The van der Waals surface area contributed by atoms with Crippen LogP contribution in [-0.4, -0.2) is 49.7 Å². The standard InChI is InChI=1S/C29H36N6O4/c1-17-6-11-24(19-9-10-20-16-34(5)33-23(20)12-19)35(15-17)27(37)26(36)31-21-13-22(18-7-8-18)25(30-14-21)32-28(38)39-29(2,3)4/h9-10,12-14,16-18,24H,6-8,11,15H2,1-5H3,(H,31,36)(H,30,32,38)/t17-,24+/m0/s1. The molecule has 3 heterocycles. The molecule has 1 aromatic carbocycles. The van der Waals surface area contributed by atoms with Crippen molar-refractivity contribution >= 4 is 40.3 Å². The van der Waals surface area contributed by atoms with Gasteiger partial charge in [-0.25, -0.2) is 9.78 Å². The summed E-state index contributed by atoms with van der Waals surface area (Å²) in [6.07, 6.45) is 6.50. The number of fused-ring (bicyclic) bond motifs is 1. The van der Waals surface area contributed by atoms with Crippen LogP contribution in [0.2, 0.25) is 0 Å². The van der Waals surface area contributed by atoms with E-state index in [1.54, 1.807) is 36.4 Å². The van der Waals surface area contributed by atoms with Crippen molar-refractivity contribution in [3.63, 3.8) is 0 Å². The number of nitrogens with one attached hydrogen (secondary N) is 2. The SMILES string of the molecule is C[C@H]1CC[C@H](c2ccc3cn(C)nc3c2)N(C(=O)C(=O)Nc2cnc(NC(=O)OC(C)(C)C)c(C3CC3)c2)C1. The summed E-state index contributed by atoms with van der Waals surface area (Å²) >= 11 is 0. The zero-order chi connectivity index (χ0) is 27.9. The molecule has 0 bridgehead atoms. The van der Waals surface area contributed by atoms with Crippen LogP contribution in [0.3, 0.4) is 0 Å². The second-order valence-electron chi connectivity index (χ2n) is 11.8.